The van der Waals surface area contributed by atoms with Crippen LogP contribution in [-0.4, -0.2) is 61.4 Å². The number of alkyl carbamates (subject to hydrolysis) is 1. The Labute approximate surface area is 205 Å². The lowest BCUT2D eigenvalue weighted by atomic mass is 9.88. The van der Waals surface area contributed by atoms with Crippen molar-refractivity contribution in [1.82, 2.24) is 10.6 Å². The number of carbonyl (C=O) groups excluding carboxylic acids is 4. The van der Waals surface area contributed by atoms with Crippen molar-refractivity contribution in [1.29, 1.82) is 0 Å². The zero-order chi connectivity index (χ0) is 26.0. The SMILES string of the molecule is CCOC(=O)C1C2C(NC(=O)c3ccc(OC)cc3)CC(NC(=O)OC(C)(C)C)(C(=O)OCC)C12. The van der Waals surface area contributed by atoms with Crippen molar-refractivity contribution in [3.63, 3.8) is 0 Å². The van der Waals surface area contributed by atoms with E-state index in [4.69, 9.17) is 18.9 Å². The van der Waals surface area contributed by atoms with Gasteiger partial charge in [-0.3, -0.25) is 9.59 Å². The second-order valence-corrected chi connectivity index (χ2v) is 9.71. The molecule has 10 heteroatoms. The first kappa shape index (κ1) is 26.3. The quantitative estimate of drug-likeness (QED) is 0.420. The molecule has 3 rings (SSSR count). The molecule has 2 aliphatic rings. The molecule has 0 aromatic heterocycles. The van der Waals surface area contributed by atoms with Gasteiger partial charge in [0.25, 0.3) is 5.91 Å². The average molecular weight is 491 g/mol. The lowest BCUT2D eigenvalue weighted by molar-refractivity contribution is -0.153. The van der Waals surface area contributed by atoms with E-state index in [-0.39, 0.29) is 25.5 Å². The average Bonchev–Trinajstić information content (AvgIpc) is 3.46. The van der Waals surface area contributed by atoms with E-state index >= 15 is 0 Å². The van der Waals surface area contributed by atoms with Crippen molar-refractivity contribution in [3.05, 3.63) is 29.8 Å². The molecule has 2 saturated carbocycles. The number of nitrogens with one attached hydrogen (secondary N) is 2. The highest BCUT2D eigenvalue weighted by Gasteiger charge is 2.76. The van der Waals surface area contributed by atoms with Gasteiger partial charge in [-0.05, 0) is 64.8 Å². The molecule has 0 spiro atoms. The first-order chi connectivity index (χ1) is 16.5. The van der Waals surface area contributed by atoms with E-state index in [2.05, 4.69) is 10.6 Å². The van der Waals surface area contributed by atoms with Gasteiger partial charge in [0.05, 0.1) is 26.2 Å². The van der Waals surface area contributed by atoms with Gasteiger partial charge < -0.3 is 29.6 Å². The monoisotopic (exact) mass is 490 g/mol. The number of ether oxygens (including phenoxy) is 4. The van der Waals surface area contributed by atoms with Gasteiger partial charge in [0.2, 0.25) is 0 Å². The number of carbonyl (C=O) groups is 4. The van der Waals surface area contributed by atoms with Crippen LogP contribution in [0.1, 0.15) is 51.4 Å². The predicted octanol–water partition coefficient (Wildman–Crippen LogP) is 2.45. The molecule has 0 saturated heterocycles. The molecule has 35 heavy (non-hydrogen) atoms. The van der Waals surface area contributed by atoms with Gasteiger partial charge in [-0.1, -0.05) is 0 Å². The fourth-order valence-electron chi connectivity index (χ4n) is 4.92. The van der Waals surface area contributed by atoms with Crippen molar-refractivity contribution >= 4 is 23.9 Å². The summed E-state index contributed by atoms with van der Waals surface area (Å²) in [6.45, 7) is 8.72. The van der Waals surface area contributed by atoms with Gasteiger partial charge in [0, 0.05) is 23.9 Å². The molecule has 1 aromatic rings. The predicted molar refractivity (Wildman–Crippen MR) is 125 cm³/mol. The molecule has 192 valence electrons. The zero-order valence-electron chi connectivity index (χ0n) is 21.0. The summed E-state index contributed by atoms with van der Waals surface area (Å²) in [6.07, 6.45) is -0.751. The molecule has 2 N–H and O–H groups in total. The third-order valence-electron chi connectivity index (χ3n) is 6.24. The van der Waals surface area contributed by atoms with Gasteiger partial charge in [0.1, 0.15) is 16.9 Å². The summed E-state index contributed by atoms with van der Waals surface area (Å²) in [5, 5.41) is 5.64. The summed E-state index contributed by atoms with van der Waals surface area (Å²) in [5.74, 6) is -2.61. The summed E-state index contributed by atoms with van der Waals surface area (Å²) in [5.41, 5.74) is -1.95. The van der Waals surface area contributed by atoms with Crippen LogP contribution in [0.4, 0.5) is 4.79 Å². The first-order valence-corrected chi connectivity index (χ1v) is 11.8. The molecular weight excluding hydrogens is 456 g/mol. The smallest absolute Gasteiger partial charge is 0.408 e. The summed E-state index contributed by atoms with van der Waals surface area (Å²) < 4.78 is 21.1. The van der Waals surface area contributed by atoms with Crippen LogP contribution in [0.25, 0.3) is 0 Å². The molecule has 5 atom stereocenters. The van der Waals surface area contributed by atoms with Crippen LogP contribution in [0.15, 0.2) is 24.3 Å². The maximum absolute atomic E-state index is 13.2. The van der Waals surface area contributed by atoms with Crippen molar-refractivity contribution in [2.75, 3.05) is 20.3 Å². The van der Waals surface area contributed by atoms with Crippen LogP contribution >= 0.6 is 0 Å². The molecule has 0 bridgehead atoms. The maximum Gasteiger partial charge on any atom is 0.408 e. The number of hydrogen-bond donors (Lipinski definition) is 2. The minimum Gasteiger partial charge on any atom is -0.497 e. The summed E-state index contributed by atoms with van der Waals surface area (Å²) in [4.78, 5) is 51.7. The Morgan fingerprint density at radius 1 is 1.03 bits per heavy atom. The van der Waals surface area contributed by atoms with Crippen molar-refractivity contribution < 1.29 is 38.1 Å². The van der Waals surface area contributed by atoms with Crippen molar-refractivity contribution in [2.45, 2.75) is 58.2 Å². The summed E-state index contributed by atoms with van der Waals surface area (Å²) in [6, 6.07) is 5.99. The van der Waals surface area contributed by atoms with Gasteiger partial charge in [-0.25, -0.2) is 9.59 Å². The molecule has 2 fully saturated rings. The molecule has 10 nitrogen and oxygen atoms in total. The largest absolute Gasteiger partial charge is 0.497 e. The van der Waals surface area contributed by atoms with Gasteiger partial charge in [-0.2, -0.15) is 0 Å². The molecule has 5 unspecified atom stereocenters. The van der Waals surface area contributed by atoms with Crippen LogP contribution in [0.5, 0.6) is 5.75 Å². The summed E-state index contributed by atoms with van der Waals surface area (Å²) >= 11 is 0. The topological polar surface area (TPSA) is 129 Å². The molecule has 0 aliphatic heterocycles. The normalized spacial score (nSPS) is 26.7. The first-order valence-electron chi connectivity index (χ1n) is 11.8. The second-order valence-electron chi connectivity index (χ2n) is 9.71. The number of esters is 2. The number of methoxy groups -OCH3 is 1. The third-order valence-corrected chi connectivity index (χ3v) is 6.24. The molecule has 2 amide bonds. The number of benzene rings is 1. The molecule has 0 heterocycles. The number of rotatable bonds is 8. The lowest BCUT2D eigenvalue weighted by Crippen LogP contribution is -2.59. The Kier molecular flexibility index (Phi) is 7.62. The molecule has 2 aliphatic carbocycles. The van der Waals surface area contributed by atoms with E-state index in [1.807, 2.05) is 0 Å². The van der Waals surface area contributed by atoms with Crippen LogP contribution in [0.3, 0.4) is 0 Å². The Hall–Kier alpha value is -3.30. The van der Waals surface area contributed by atoms with Crippen LogP contribution in [0.2, 0.25) is 0 Å². The van der Waals surface area contributed by atoms with E-state index in [0.717, 1.165) is 0 Å². The van der Waals surface area contributed by atoms with Crippen LogP contribution in [-0.2, 0) is 23.8 Å². The van der Waals surface area contributed by atoms with E-state index in [9.17, 15) is 19.2 Å². The highest BCUT2D eigenvalue weighted by Crippen LogP contribution is 2.63. The fourth-order valence-corrected chi connectivity index (χ4v) is 4.92. The second kappa shape index (κ2) is 10.1. The van der Waals surface area contributed by atoms with Gasteiger partial charge in [-0.15, -0.1) is 0 Å². The number of fused-ring (bicyclic) bond motifs is 1. The van der Waals surface area contributed by atoms with Crippen molar-refractivity contribution in [2.24, 2.45) is 17.8 Å². The van der Waals surface area contributed by atoms with E-state index < -0.39 is 53.0 Å². The van der Waals surface area contributed by atoms with Crippen molar-refractivity contribution in [3.8, 4) is 5.75 Å². The molecular formula is C25H34N2O8. The standard InChI is InChI=1S/C25H34N2O8/c1-7-33-21(29)18-17-16(26-20(28)14-9-11-15(32-6)12-10-14)13-25(19(17)18,22(30)34-8-2)27-23(31)35-24(3,4)5/h9-12,16-19H,7-8,13H2,1-6H3,(H,26,28)(H,27,31). The highest BCUT2D eigenvalue weighted by atomic mass is 16.6. The van der Waals surface area contributed by atoms with E-state index in [1.54, 1.807) is 58.9 Å². The number of hydrogen-bond acceptors (Lipinski definition) is 8. The minimum absolute atomic E-state index is 0.0538. The van der Waals surface area contributed by atoms with E-state index in [0.29, 0.717) is 11.3 Å². The van der Waals surface area contributed by atoms with Gasteiger partial charge >= 0.3 is 18.0 Å². The van der Waals surface area contributed by atoms with Gasteiger partial charge in [0.15, 0.2) is 0 Å². The lowest BCUT2D eigenvalue weighted by Gasteiger charge is -2.33. The Bertz CT molecular complexity index is 971. The third kappa shape index (κ3) is 5.52. The fraction of sp³-hybridized carbons (Fsp3) is 0.600. The maximum atomic E-state index is 13.2. The highest BCUT2D eigenvalue weighted by molar-refractivity contribution is 5.96. The molecule has 0 radical (unpaired) electrons. The van der Waals surface area contributed by atoms with Crippen LogP contribution in [0, 0.1) is 17.8 Å². The Balaban J connectivity index is 1.90. The van der Waals surface area contributed by atoms with E-state index in [1.165, 1.54) is 7.11 Å². The summed E-state index contributed by atoms with van der Waals surface area (Å²) in [7, 11) is 1.53. The molecule has 1 aromatic carbocycles. The zero-order valence-corrected chi connectivity index (χ0v) is 21.0. The Morgan fingerprint density at radius 3 is 2.20 bits per heavy atom. The Morgan fingerprint density at radius 2 is 1.66 bits per heavy atom. The van der Waals surface area contributed by atoms with Crippen LogP contribution < -0.4 is 15.4 Å². The minimum atomic E-state index is -1.54. The number of amides is 2.